The van der Waals surface area contributed by atoms with E-state index in [0.717, 1.165) is 0 Å². The molecular weight excluding hydrogens is 200 g/mol. The third-order valence-corrected chi connectivity index (χ3v) is 1.23. The van der Waals surface area contributed by atoms with Crippen LogP contribution < -0.4 is 5.32 Å². The Hall–Kier alpha value is -1.14. The van der Waals surface area contributed by atoms with Crippen LogP contribution in [0.3, 0.4) is 0 Å². The molecule has 1 aliphatic rings. The normalized spacial score (nSPS) is 18.0. The van der Waals surface area contributed by atoms with Crippen molar-refractivity contribution in [3.63, 3.8) is 0 Å². The summed E-state index contributed by atoms with van der Waals surface area (Å²) in [5, 5.41) is 2.69. The van der Waals surface area contributed by atoms with Crippen LogP contribution in [0.2, 0.25) is 0 Å². The molecule has 1 rings (SSSR count). The van der Waals surface area contributed by atoms with Crippen molar-refractivity contribution in [2.24, 2.45) is 0 Å². The smallest absolute Gasteiger partial charge is 0.253 e. The van der Waals surface area contributed by atoms with Gasteiger partial charge in [-0.05, 0) is 0 Å². The molecule has 0 atom stereocenters. The van der Waals surface area contributed by atoms with Gasteiger partial charge < -0.3 is 0 Å². The molecule has 0 aliphatic carbocycles. The first-order valence-electron chi connectivity index (χ1n) is 2.90. The van der Waals surface area contributed by atoms with Gasteiger partial charge >= 0.3 is 12.4 Å². The first-order chi connectivity index (χ1) is 5.73. The average molecular weight is 201 g/mol. The van der Waals surface area contributed by atoms with E-state index in [0.29, 0.717) is 0 Å². The van der Waals surface area contributed by atoms with E-state index in [2.05, 4.69) is 5.32 Å². The van der Waals surface area contributed by atoms with Crippen LogP contribution in [0.1, 0.15) is 0 Å². The van der Waals surface area contributed by atoms with Gasteiger partial charge in [0.25, 0.3) is 0 Å². The van der Waals surface area contributed by atoms with Crippen LogP contribution in [0.4, 0.5) is 26.3 Å². The molecule has 0 unspecified atom stereocenters. The van der Waals surface area contributed by atoms with Crippen molar-refractivity contribution in [1.82, 2.24) is 5.32 Å². The summed E-state index contributed by atoms with van der Waals surface area (Å²) in [6.07, 6.45) is -8.75. The maximum absolute atomic E-state index is 11.9. The van der Waals surface area contributed by atoms with Gasteiger partial charge in [-0.1, -0.05) is 0 Å². The summed E-state index contributed by atoms with van der Waals surface area (Å²) in [6, 6.07) is 0. The summed E-state index contributed by atoms with van der Waals surface area (Å²) in [7, 11) is 0. The quantitative estimate of drug-likeness (QED) is 0.534. The summed E-state index contributed by atoms with van der Waals surface area (Å²) in [5.41, 5.74) is -3.68. The van der Waals surface area contributed by atoms with Crippen LogP contribution in [0.25, 0.3) is 0 Å². The zero-order valence-electron chi connectivity index (χ0n) is 5.79. The summed E-state index contributed by atoms with van der Waals surface area (Å²) >= 11 is 0. The molecule has 1 heterocycles. The molecular formula is C6HF6N. The molecule has 0 aromatic carbocycles. The lowest BCUT2D eigenvalue weighted by atomic mass is 10.1. The van der Waals surface area contributed by atoms with Gasteiger partial charge in [0.1, 0.15) is 6.20 Å². The highest BCUT2D eigenvalue weighted by Crippen LogP contribution is 2.40. The number of halogens is 6. The number of rotatable bonds is 0. The van der Waals surface area contributed by atoms with Crippen LogP contribution in [-0.2, 0) is 0 Å². The number of nitrogens with zero attached hydrogens (tertiary/aromatic N) is 1. The van der Waals surface area contributed by atoms with E-state index in [1.165, 1.54) is 6.20 Å². The number of hydrogen-bond donors (Lipinski definition) is 0. The SMILES string of the molecule is FC(F)(F)C1=[C][N]C=C1C(F)(F)F. The molecule has 0 saturated carbocycles. The van der Waals surface area contributed by atoms with Crippen LogP contribution in [0.5, 0.6) is 0 Å². The molecule has 72 valence electrons. The highest BCUT2D eigenvalue weighted by molar-refractivity contribution is 5.39. The Balaban J connectivity index is 2.99. The minimum absolute atomic E-state index is 0.100. The minimum atomic E-state index is -5.07. The second-order valence-electron chi connectivity index (χ2n) is 2.15. The summed E-state index contributed by atoms with van der Waals surface area (Å²) < 4.78 is 71.1. The second-order valence-corrected chi connectivity index (χ2v) is 2.15. The molecule has 1 aliphatic heterocycles. The van der Waals surface area contributed by atoms with Crippen LogP contribution in [0, 0.1) is 6.20 Å². The Morgan fingerprint density at radius 3 is 1.85 bits per heavy atom. The third kappa shape index (κ3) is 1.96. The van der Waals surface area contributed by atoms with Crippen LogP contribution >= 0.6 is 0 Å². The van der Waals surface area contributed by atoms with E-state index in [4.69, 9.17) is 0 Å². The van der Waals surface area contributed by atoms with Gasteiger partial charge in [-0.3, -0.25) is 5.32 Å². The van der Waals surface area contributed by atoms with Crippen molar-refractivity contribution in [2.45, 2.75) is 12.4 Å². The van der Waals surface area contributed by atoms with Crippen molar-refractivity contribution < 1.29 is 26.3 Å². The topological polar surface area (TPSA) is 14.1 Å². The maximum atomic E-state index is 11.9. The zero-order chi connectivity index (χ0) is 10.3. The molecule has 7 heteroatoms. The molecule has 0 aromatic heterocycles. The minimum Gasteiger partial charge on any atom is -0.253 e. The molecule has 1 nitrogen and oxygen atoms in total. The van der Waals surface area contributed by atoms with Gasteiger partial charge in [0.15, 0.2) is 0 Å². The largest absolute Gasteiger partial charge is 0.419 e. The Morgan fingerprint density at radius 2 is 1.54 bits per heavy atom. The molecule has 0 N–H and O–H groups in total. The molecule has 13 heavy (non-hydrogen) atoms. The molecule has 0 fully saturated rings. The Morgan fingerprint density at radius 1 is 1.00 bits per heavy atom. The number of alkyl halides is 6. The zero-order valence-corrected chi connectivity index (χ0v) is 5.79. The average Bonchev–Trinajstić information content (AvgIpc) is 2.27. The molecule has 2 radical (unpaired) electrons. The van der Waals surface area contributed by atoms with E-state index in [1.54, 1.807) is 0 Å². The number of hydrogen-bond acceptors (Lipinski definition) is 0. The highest BCUT2D eigenvalue weighted by atomic mass is 19.4. The fourth-order valence-electron chi connectivity index (χ4n) is 0.717. The molecule has 0 saturated heterocycles. The van der Waals surface area contributed by atoms with Crippen LogP contribution in [-0.4, -0.2) is 12.4 Å². The van der Waals surface area contributed by atoms with Crippen LogP contribution in [0.15, 0.2) is 17.3 Å². The van der Waals surface area contributed by atoms with E-state index in [9.17, 15) is 26.3 Å². The van der Waals surface area contributed by atoms with Gasteiger partial charge in [0.05, 0.1) is 11.1 Å². The monoisotopic (exact) mass is 201 g/mol. The van der Waals surface area contributed by atoms with Crippen molar-refractivity contribution in [1.29, 1.82) is 0 Å². The van der Waals surface area contributed by atoms with E-state index >= 15 is 0 Å². The molecule has 0 spiro atoms. The van der Waals surface area contributed by atoms with Crippen molar-refractivity contribution in [3.05, 3.63) is 23.5 Å². The summed E-state index contributed by atoms with van der Waals surface area (Å²) in [6.45, 7) is 0. The van der Waals surface area contributed by atoms with Gasteiger partial charge in [-0.15, -0.1) is 0 Å². The van der Waals surface area contributed by atoms with Crippen molar-refractivity contribution >= 4 is 0 Å². The lowest BCUT2D eigenvalue weighted by Crippen LogP contribution is -2.21. The van der Waals surface area contributed by atoms with Gasteiger partial charge in [-0.25, -0.2) is 0 Å². The Kier molecular flexibility index (Phi) is 2.05. The van der Waals surface area contributed by atoms with E-state index in [1.807, 2.05) is 0 Å². The predicted octanol–water partition coefficient (Wildman–Crippen LogP) is 2.30. The molecule has 0 aromatic rings. The maximum Gasteiger partial charge on any atom is 0.419 e. The standard InChI is InChI=1S/C6HF6N/c7-5(8,9)3-1-13-2-4(3)6(10,11)12/h1H. The molecule has 0 bridgehead atoms. The highest BCUT2D eigenvalue weighted by Gasteiger charge is 2.48. The van der Waals surface area contributed by atoms with E-state index in [-0.39, 0.29) is 6.20 Å². The first kappa shape index (κ1) is 9.94. The Labute approximate surface area is 68.7 Å². The lowest BCUT2D eigenvalue weighted by molar-refractivity contribution is -0.117. The van der Waals surface area contributed by atoms with E-state index < -0.39 is 23.5 Å². The fourth-order valence-corrected chi connectivity index (χ4v) is 0.717. The van der Waals surface area contributed by atoms with Gasteiger partial charge in [0.2, 0.25) is 0 Å². The van der Waals surface area contributed by atoms with Gasteiger partial charge in [-0.2, -0.15) is 26.3 Å². The summed E-state index contributed by atoms with van der Waals surface area (Å²) in [4.78, 5) is 0. The molecule has 0 amide bonds. The predicted molar refractivity (Wildman–Crippen MR) is 29.1 cm³/mol. The second kappa shape index (κ2) is 2.68. The van der Waals surface area contributed by atoms with Crippen molar-refractivity contribution in [3.8, 4) is 0 Å². The Bertz CT molecular complexity index is 240. The first-order valence-corrected chi connectivity index (χ1v) is 2.90. The third-order valence-electron chi connectivity index (χ3n) is 1.23. The summed E-state index contributed by atoms with van der Waals surface area (Å²) in [5.74, 6) is 0. The van der Waals surface area contributed by atoms with Crippen molar-refractivity contribution in [2.75, 3.05) is 0 Å². The fraction of sp³-hybridized carbons (Fsp3) is 0.333. The lowest BCUT2D eigenvalue weighted by Gasteiger charge is -2.12. The van der Waals surface area contributed by atoms with Gasteiger partial charge in [0, 0.05) is 6.20 Å². The number of allylic oxidation sites excluding steroid dienone is 2.